The average molecular weight is 234 g/mol. The molecule has 1 aliphatic rings. The van der Waals surface area contributed by atoms with E-state index >= 15 is 0 Å². The van der Waals surface area contributed by atoms with E-state index in [-0.39, 0.29) is 0 Å². The van der Waals surface area contributed by atoms with Crippen molar-refractivity contribution in [1.29, 1.82) is 0 Å². The summed E-state index contributed by atoms with van der Waals surface area (Å²) in [5.41, 5.74) is 2.52. The zero-order valence-corrected chi connectivity index (χ0v) is 10.9. The van der Waals surface area contributed by atoms with Crippen LogP contribution in [0.5, 0.6) is 0 Å². The topological polar surface area (TPSA) is 24.5 Å². The van der Waals surface area contributed by atoms with Gasteiger partial charge in [-0.05, 0) is 32.9 Å². The molecule has 1 aliphatic heterocycles. The van der Waals surface area contributed by atoms with E-state index in [9.17, 15) is 0 Å². The Balaban J connectivity index is 2.05. The molecular weight excluding hydrogens is 212 g/mol. The maximum absolute atomic E-state index is 5.65. The Kier molecular flexibility index (Phi) is 3.89. The summed E-state index contributed by atoms with van der Waals surface area (Å²) in [5, 5.41) is 3.46. The number of hydrogen-bond acceptors (Lipinski definition) is 3. The molecule has 0 radical (unpaired) electrons. The standard InChI is InChI=1S/C14H22N2O/c1-11(2)17-9-8-16-12(3)10-15-13-6-4-5-7-14(13)16/h4-7,11-12,15H,8-10H2,1-3H3. The van der Waals surface area contributed by atoms with E-state index in [1.165, 1.54) is 11.4 Å². The number of ether oxygens (including phenoxy) is 1. The molecule has 94 valence electrons. The predicted octanol–water partition coefficient (Wildman–Crippen LogP) is 2.73. The summed E-state index contributed by atoms with van der Waals surface area (Å²) in [5.74, 6) is 0. The summed E-state index contributed by atoms with van der Waals surface area (Å²) in [4.78, 5) is 2.42. The molecular formula is C14H22N2O. The second-order valence-corrected chi connectivity index (χ2v) is 4.86. The first-order valence-electron chi connectivity index (χ1n) is 6.39. The lowest BCUT2D eigenvalue weighted by molar-refractivity contribution is 0.0833. The lowest BCUT2D eigenvalue weighted by Crippen LogP contribution is -2.43. The van der Waals surface area contributed by atoms with E-state index in [2.05, 4.69) is 55.3 Å². The first-order valence-corrected chi connectivity index (χ1v) is 6.39. The maximum atomic E-state index is 5.65. The van der Waals surface area contributed by atoms with Crippen LogP contribution in [0, 0.1) is 0 Å². The summed E-state index contributed by atoms with van der Waals surface area (Å²) in [6.45, 7) is 9.15. The predicted molar refractivity (Wildman–Crippen MR) is 72.8 cm³/mol. The fraction of sp³-hybridized carbons (Fsp3) is 0.571. The third-order valence-electron chi connectivity index (χ3n) is 3.12. The summed E-state index contributed by atoms with van der Waals surface area (Å²) in [6.07, 6.45) is 0.309. The van der Waals surface area contributed by atoms with Gasteiger partial charge in [0.2, 0.25) is 0 Å². The summed E-state index contributed by atoms with van der Waals surface area (Å²) < 4.78 is 5.65. The molecule has 0 saturated carbocycles. The number of benzene rings is 1. The van der Waals surface area contributed by atoms with Crippen LogP contribution in [0.3, 0.4) is 0 Å². The fourth-order valence-corrected chi connectivity index (χ4v) is 2.21. The Bertz CT molecular complexity index is 365. The van der Waals surface area contributed by atoms with Crippen LogP contribution < -0.4 is 10.2 Å². The van der Waals surface area contributed by atoms with Gasteiger partial charge in [0.25, 0.3) is 0 Å². The van der Waals surface area contributed by atoms with Gasteiger partial charge in [0, 0.05) is 19.1 Å². The van der Waals surface area contributed by atoms with Gasteiger partial charge in [-0.1, -0.05) is 12.1 Å². The molecule has 0 aliphatic carbocycles. The highest BCUT2D eigenvalue weighted by molar-refractivity contribution is 5.72. The number of rotatable bonds is 4. The number of para-hydroxylation sites is 2. The molecule has 0 aromatic heterocycles. The van der Waals surface area contributed by atoms with Crippen molar-refractivity contribution in [2.75, 3.05) is 29.9 Å². The Morgan fingerprint density at radius 3 is 2.94 bits per heavy atom. The van der Waals surface area contributed by atoms with Crippen LogP contribution in [-0.2, 0) is 4.74 Å². The Labute approximate surface area is 104 Å². The van der Waals surface area contributed by atoms with E-state index in [0.29, 0.717) is 12.1 Å². The molecule has 1 heterocycles. The van der Waals surface area contributed by atoms with Crippen molar-refractivity contribution in [2.45, 2.75) is 32.9 Å². The first kappa shape index (κ1) is 12.2. The molecule has 0 saturated heterocycles. The minimum Gasteiger partial charge on any atom is -0.381 e. The first-order chi connectivity index (χ1) is 8.18. The van der Waals surface area contributed by atoms with Crippen LogP contribution in [0.15, 0.2) is 24.3 Å². The van der Waals surface area contributed by atoms with Gasteiger partial charge in [0.1, 0.15) is 0 Å². The van der Waals surface area contributed by atoms with E-state index in [1.54, 1.807) is 0 Å². The van der Waals surface area contributed by atoms with Crippen molar-refractivity contribution in [1.82, 2.24) is 0 Å². The summed E-state index contributed by atoms with van der Waals surface area (Å²) in [7, 11) is 0. The van der Waals surface area contributed by atoms with Crippen LogP contribution >= 0.6 is 0 Å². The number of nitrogens with zero attached hydrogens (tertiary/aromatic N) is 1. The molecule has 3 nitrogen and oxygen atoms in total. The van der Waals surface area contributed by atoms with Crippen molar-refractivity contribution in [3.8, 4) is 0 Å². The van der Waals surface area contributed by atoms with Crippen molar-refractivity contribution >= 4 is 11.4 Å². The number of hydrogen-bond donors (Lipinski definition) is 1. The molecule has 0 spiro atoms. The van der Waals surface area contributed by atoms with E-state index < -0.39 is 0 Å². The number of fused-ring (bicyclic) bond motifs is 1. The molecule has 0 fully saturated rings. The third-order valence-corrected chi connectivity index (χ3v) is 3.12. The van der Waals surface area contributed by atoms with Gasteiger partial charge < -0.3 is 15.0 Å². The highest BCUT2D eigenvalue weighted by Crippen LogP contribution is 2.30. The van der Waals surface area contributed by atoms with Gasteiger partial charge in [-0.2, -0.15) is 0 Å². The van der Waals surface area contributed by atoms with Crippen LogP contribution in [0.25, 0.3) is 0 Å². The number of nitrogens with one attached hydrogen (secondary N) is 1. The van der Waals surface area contributed by atoms with Gasteiger partial charge in [0.15, 0.2) is 0 Å². The molecule has 1 aromatic carbocycles. The lowest BCUT2D eigenvalue weighted by Gasteiger charge is -2.37. The number of anilines is 2. The Hall–Kier alpha value is -1.22. The smallest absolute Gasteiger partial charge is 0.0645 e. The van der Waals surface area contributed by atoms with Gasteiger partial charge in [-0.15, -0.1) is 0 Å². The van der Waals surface area contributed by atoms with Gasteiger partial charge in [-0.3, -0.25) is 0 Å². The minimum atomic E-state index is 0.309. The van der Waals surface area contributed by atoms with Crippen molar-refractivity contribution in [3.63, 3.8) is 0 Å². The molecule has 1 N–H and O–H groups in total. The van der Waals surface area contributed by atoms with Gasteiger partial charge >= 0.3 is 0 Å². The van der Waals surface area contributed by atoms with Gasteiger partial charge in [0.05, 0.1) is 24.1 Å². The zero-order chi connectivity index (χ0) is 12.3. The van der Waals surface area contributed by atoms with Crippen molar-refractivity contribution in [3.05, 3.63) is 24.3 Å². The SMILES string of the molecule is CC(C)OCCN1c2ccccc2NCC1C. The lowest BCUT2D eigenvalue weighted by atomic mass is 10.1. The Morgan fingerprint density at radius 1 is 1.41 bits per heavy atom. The molecule has 0 bridgehead atoms. The fourth-order valence-electron chi connectivity index (χ4n) is 2.21. The van der Waals surface area contributed by atoms with E-state index in [0.717, 1.165) is 19.7 Å². The molecule has 1 atom stereocenters. The van der Waals surface area contributed by atoms with E-state index in [1.807, 2.05) is 0 Å². The minimum absolute atomic E-state index is 0.309. The monoisotopic (exact) mass is 234 g/mol. The summed E-state index contributed by atoms with van der Waals surface area (Å²) in [6, 6.07) is 8.99. The van der Waals surface area contributed by atoms with E-state index in [4.69, 9.17) is 4.74 Å². The molecule has 2 rings (SSSR count). The molecule has 1 aromatic rings. The normalized spacial score (nSPS) is 19.1. The van der Waals surface area contributed by atoms with Crippen LogP contribution in [0.1, 0.15) is 20.8 Å². The second-order valence-electron chi connectivity index (χ2n) is 4.86. The van der Waals surface area contributed by atoms with Gasteiger partial charge in [-0.25, -0.2) is 0 Å². The molecule has 3 heteroatoms. The van der Waals surface area contributed by atoms with Crippen LogP contribution in [-0.4, -0.2) is 31.8 Å². The Morgan fingerprint density at radius 2 is 2.18 bits per heavy atom. The third kappa shape index (κ3) is 2.91. The largest absolute Gasteiger partial charge is 0.381 e. The van der Waals surface area contributed by atoms with Crippen molar-refractivity contribution < 1.29 is 4.74 Å². The highest BCUT2D eigenvalue weighted by atomic mass is 16.5. The maximum Gasteiger partial charge on any atom is 0.0645 e. The average Bonchev–Trinajstić information content (AvgIpc) is 2.32. The quantitative estimate of drug-likeness (QED) is 0.867. The molecule has 17 heavy (non-hydrogen) atoms. The zero-order valence-electron chi connectivity index (χ0n) is 10.9. The van der Waals surface area contributed by atoms with Crippen LogP contribution in [0.2, 0.25) is 0 Å². The highest BCUT2D eigenvalue weighted by Gasteiger charge is 2.21. The molecule has 0 amide bonds. The molecule has 1 unspecified atom stereocenters. The second kappa shape index (κ2) is 5.41. The van der Waals surface area contributed by atoms with Crippen LogP contribution in [0.4, 0.5) is 11.4 Å². The van der Waals surface area contributed by atoms with Crippen molar-refractivity contribution in [2.24, 2.45) is 0 Å². The summed E-state index contributed by atoms with van der Waals surface area (Å²) >= 11 is 0.